The molecule has 2 aliphatic heterocycles. The molecule has 0 bridgehead atoms. The number of hydrogen-bond acceptors (Lipinski definition) is 11. The molecule has 71 heavy (non-hydrogen) atoms. The van der Waals surface area contributed by atoms with Crippen molar-refractivity contribution in [1.29, 1.82) is 0 Å². The van der Waals surface area contributed by atoms with Gasteiger partial charge in [0.05, 0.1) is 6.54 Å². The molecule has 0 spiro atoms. The van der Waals surface area contributed by atoms with Crippen LogP contribution in [0.15, 0.2) is 78.9 Å². The number of fused-ring (bicyclic) bond motifs is 1. The highest BCUT2D eigenvalue weighted by atomic mass is 28.4. The molecule has 0 radical (unpaired) electrons. The van der Waals surface area contributed by atoms with E-state index in [0.29, 0.717) is 16.8 Å². The molecule has 0 aliphatic carbocycles. The highest BCUT2D eigenvalue weighted by Crippen LogP contribution is 2.52. The molecule has 3 aromatic rings. The van der Waals surface area contributed by atoms with Crippen molar-refractivity contribution in [1.82, 2.24) is 15.5 Å². The Hall–Kier alpha value is -6.33. The van der Waals surface area contributed by atoms with Gasteiger partial charge in [0, 0.05) is 42.4 Å². The Morgan fingerprint density at radius 3 is 1.93 bits per heavy atom. The Morgan fingerprint density at radius 1 is 0.845 bits per heavy atom. The largest absolute Gasteiger partial charge is 0.461 e. The number of primary amides is 1. The van der Waals surface area contributed by atoms with Crippen molar-refractivity contribution in [2.24, 2.45) is 11.1 Å². The van der Waals surface area contributed by atoms with Gasteiger partial charge < -0.3 is 44.8 Å². The number of nitrogens with one attached hydrogen (secondary N) is 2. The highest BCUT2D eigenvalue weighted by molar-refractivity contribution is 6.74. The monoisotopic (exact) mass is 996 g/mol. The van der Waals surface area contributed by atoms with E-state index in [0.717, 1.165) is 5.56 Å². The Kier molecular flexibility index (Phi) is 16.3. The lowest BCUT2D eigenvalue weighted by Gasteiger charge is -2.42. The molecule has 0 saturated carbocycles. The van der Waals surface area contributed by atoms with Gasteiger partial charge in [0.15, 0.2) is 8.32 Å². The fourth-order valence-electron chi connectivity index (χ4n) is 8.05. The van der Waals surface area contributed by atoms with Crippen molar-refractivity contribution in [3.8, 4) is 5.75 Å². The van der Waals surface area contributed by atoms with Crippen LogP contribution in [-0.2, 0) is 49.2 Å². The molecule has 17 heteroatoms. The Morgan fingerprint density at radius 2 is 1.42 bits per heavy atom. The molecule has 384 valence electrons. The molecular weight excluding hydrogens is 923 g/mol. The van der Waals surface area contributed by atoms with Gasteiger partial charge in [-0.25, -0.2) is 9.59 Å². The zero-order valence-corrected chi connectivity index (χ0v) is 45.0. The van der Waals surface area contributed by atoms with Crippen LogP contribution in [0.25, 0.3) is 6.08 Å². The minimum absolute atomic E-state index is 0.00368. The molecule has 2 aliphatic rings. The number of likely N-dealkylation sites (tertiary alicyclic amines) is 1. The second-order valence-corrected chi connectivity index (χ2v) is 27.8. The maximum absolute atomic E-state index is 14.9. The van der Waals surface area contributed by atoms with Crippen LogP contribution >= 0.6 is 0 Å². The summed E-state index contributed by atoms with van der Waals surface area (Å²) in [5.74, 6) is -4.29. The average Bonchev–Trinajstić information content (AvgIpc) is 3.81. The number of rotatable bonds is 14. The van der Waals surface area contributed by atoms with Crippen LogP contribution in [-0.4, -0.2) is 96.2 Å². The highest BCUT2D eigenvalue weighted by Gasteiger charge is 2.66. The van der Waals surface area contributed by atoms with Gasteiger partial charge in [-0.1, -0.05) is 77.9 Å². The second kappa shape index (κ2) is 20.8. The van der Waals surface area contributed by atoms with Crippen LogP contribution < -0.4 is 26.0 Å². The summed E-state index contributed by atoms with van der Waals surface area (Å²) < 4.78 is 25.1. The summed E-state index contributed by atoms with van der Waals surface area (Å²) in [5, 5.41) is 5.40. The molecule has 1 unspecified atom stereocenters. The molecule has 2 heterocycles. The predicted octanol–water partition coefficient (Wildman–Crippen LogP) is 7.55. The minimum Gasteiger partial charge on any atom is -0.461 e. The van der Waals surface area contributed by atoms with Crippen molar-refractivity contribution >= 4 is 61.6 Å². The maximum atomic E-state index is 14.9. The summed E-state index contributed by atoms with van der Waals surface area (Å²) in [5.41, 5.74) is 2.63. The summed E-state index contributed by atoms with van der Waals surface area (Å²) in [6, 6.07) is 17.7. The number of benzene rings is 3. The first kappa shape index (κ1) is 55.6. The molecule has 5 amide bonds. The smallest absolute Gasteiger partial charge is 0.366 e. The normalized spacial score (nSPS) is 18.5. The fraction of sp³-hybridized carbons (Fsp3) is 0.500. The van der Waals surface area contributed by atoms with Crippen LogP contribution in [0.5, 0.6) is 5.75 Å². The van der Waals surface area contributed by atoms with E-state index in [1.165, 1.54) is 41.0 Å². The van der Waals surface area contributed by atoms with E-state index >= 15 is 0 Å². The number of carbonyl (C=O) groups is 7. The molecule has 16 nitrogen and oxygen atoms in total. The standard InChI is InChI=1S/C54H73N5O11Si/c1-33(60)56-37-30-40(46(63)58(31-35-19-17-16-18-20-35)38-25-23-36(24-26-38)45(55)62)59(32-37)47(64)43(50(2,3)4)57-42(61)28-22-34-21-27-41-39(29-34)44(70-71(14,15)53(11,12)13)54(67-41,48(65)68-51(5,6)7)49(66)69-52(8,9)10/h16-29,37,40,43-44H,30-32H2,1-15H3,(H2,55,62)(H,56,60)(H,57,61)/b28-22+/t37-,40+,43-,44?/m1/s1. The maximum Gasteiger partial charge on any atom is 0.366 e. The quantitative estimate of drug-likeness (QED) is 0.0621. The van der Waals surface area contributed by atoms with Gasteiger partial charge in [0.1, 0.15) is 35.1 Å². The number of carbonyl (C=O) groups excluding carboxylic acids is 7. The van der Waals surface area contributed by atoms with Gasteiger partial charge in [0.25, 0.3) is 0 Å². The third-order valence-corrected chi connectivity index (χ3v) is 17.0. The Bertz CT molecular complexity index is 2500. The van der Waals surface area contributed by atoms with Crippen molar-refractivity contribution in [2.75, 3.05) is 11.4 Å². The number of nitrogens with two attached hydrogens (primary N) is 1. The number of hydrogen-bond donors (Lipinski definition) is 3. The first-order valence-electron chi connectivity index (χ1n) is 23.9. The summed E-state index contributed by atoms with van der Waals surface area (Å²) in [6.07, 6.45) is 1.60. The summed E-state index contributed by atoms with van der Waals surface area (Å²) >= 11 is 0. The predicted molar refractivity (Wildman–Crippen MR) is 273 cm³/mol. The first-order valence-corrected chi connectivity index (χ1v) is 26.8. The number of ether oxygens (including phenoxy) is 3. The van der Waals surface area contributed by atoms with Crippen molar-refractivity contribution in [3.63, 3.8) is 0 Å². The zero-order valence-electron chi connectivity index (χ0n) is 44.0. The van der Waals surface area contributed by atoms with E-state index in [1.807, 2.05) is 64.2 Å². The van der Waals surface area contributed by atoms with Crippen LogP contribution in [0, 0.1) is 5.41 Å². The Balaban J connectivity index is 1.49. The van der Waals surface area contributed by atoms with Gasteiger partial charge in [-0.2, -0.15) is 0 Å². The lowest BCUT2D eigenvalue weighted by molar-refractivity contribution is -0.200. The zero-order chi connectivity index (χ0) is 53.2. The van der Waals surface area contributed by atoms with Crippen LogP contribution in [0.1, 0.15) is 130 Å². The number of nitrogens with zero attached hydrogens (tertiary/aromatic N) is 2. The third kappa shape index (κ3) is 13.4. The van der Waals surface area contributed by atoms with Gasteiger partial charge >= 0.3 is 17.5 Å². The average molecular weight is 996 g/mol. The van der Waals surface area contributed by atoms with Crippen LogP contribution in [0.2, 0.25) is 18.1 Å². The van der Waals surface area contributed by atoms with Crippen molar-refractivity contribution < 1.29 is 52.2 Å². The second-order valence-electron chi connectivity index (χ2n) is 23.0. The summed E-state index contributed by atoms with van der Waals surface area (Å²) in [4.78, 5) is 100.0. The van der Waals surface area contributed by atoms with Crippen molar-refractivity contribution in [2.45, 2.75) is 162 Å². The van der Waals surface area contributed by atoms with Crippen LogP contribution in [0.3, 0.4) is 0 Å². The van der Waals surface area contributed by atoms with E-state index < -0.39 is 90.3 Å². The van der Waals surface area contributed by atoms with E-state index in [-0.39, 0.29) is 41.8 Å². The molecular formula is C54H73N5O11Si. The minimum atomic E-state index is -2.79. The molecule has 4 atom stereocenters. The van der Waals surface area contributed by atoms with Crippen LogP contribution in [0.4, 0.5) is 5.69 Å². The molecule has 1 fully saturated rings. The third-order valence-electron chi connectivity index (χ3n) is 12.6. The number of anilines is 1. The molecule has 4 N–H and O–H groups in total. The van der Waals surface area contributed by atoms with E-state index in [9.17, 15) is 33.6 Å². The topological polar surface area (TPSA) is 213 Å². The van der Waals surface area contributed by atoms with Gasteiger partial charge in [0.2, 0.25) is 29.5 Å². The lowest BCUT2D eigenvalue weighted by Crippen LogP contribution is -2.60. The van der Waals surface area contributed by atoms with Crippen molar-refractivity contribution in [3.05, 3.63) is 101 Å². The van der Waals surface area contributed by atoms with E-state index in [4.69, 9.17) is 24.4 Å². The fourth-order valence-corrected chi connectivity index (χ4v) is 9.29. The first-order chi connectivity index (χ1) is 32.6. The summed E-state index contributed by atoms with van der Waals surface area (Å²) in [6.45, 7) is 27.1. The van der Waals surface area contributed by atoms with E-state index in [1.54, 1.807) is 92.6 Å². The number of esters is 2. The van der Waals surface area contributed by atoms with E-state index in [2.05, 4.69) is 10.6 Å². The molecule has 0 aromatic heterocycles. The molecule has 1 saturated heterocycles. The Labute approximate surface area is 419 Å². The molecule has 3 aromatic carbocycles. The van der Waals surface area contributed by atoms with Gasteiger partial charge in [-0.15, -0.1) is 0 Å². The lowest BCUT2D eigenvalue weighted by atomic mass is 9.85. The van der Waals surface area contributed by atoms with Gasteiger partial charge in [-0.05, 0) is 125 Å². The number of amides is 5. The van der Waals surface area contributed by atoms with Gasteiger partial charge in [-0.3, -0.25) is 24.0 Å². The summed E-state index contributed by atoms with van der Waals surface area (Å²) in [7, 11) is -2.79. The SMILES string of the molecule is CC(=O)N[C@@H]1C[C@@H](C(=O)N(Cc2ccccc2)c2ccc(C(N)=O)cc2)N(C(=O)[C@@H](NC(=O)/C=C/c2ccc3c(c2)C(O[Si](C)(C)C(C)(C)C)C(C(=O)OC(C)(C)C)(C(=O)OC(C)(C)C)O3)C(C)(C)C)C1. The molecule has 5 rings (SSSR count).